The Morgan fingerprint density at radius 3 is 0.580 bits per heavy atom. The SMILES string of the molecule is OC[C@@H]1O[C@@H]2O[C@H]3[C@H](O)[C@@H](O)[C@@H](O[C@H]4[C@H](O)[C@H](O)[C@@H](O[C@H]5[C@@H](O)[C@H](O)[C@@H](O[C@H]6[C@H](O)[C@@H](O)[C@@H](O[C@H]7[C@H](O)[C@@H](O)[C@@H](O[C@H]8[C@H](O)[C@@H](O)[C@@H](O[C@H]1[C@H](O)[C@H]2O)O[C@H]8CO)O[C@H]7CO)O[C@@H]6CO)O[C@@H]5CO)O[C@@H]4CO)O[C@H]3COC1O[C@H](CO)[C@@H](O)[C@H](O)[C@H]1O. The Kier molecular flexibility index (Phi) is 24.1. The van der Waals surface area contributed by atoms with Crippen molar-refractivity contribution in [3.63, 3.8) is 0 Å². The molecule has 22 aliphatic heterocycles. The fraction of sp³-hybridized carbons (Fsp3) is 1.00. The van der Waals surface area contributed by atoms with Gasteiger partial charge in [0.05, 0.1) is 52.9 Å². The van der Waals surface area contributed by atoms with Gasteiger partial charge < -0.3 is 198 Å². The third kappa shape index (κ3) is 13.9. The van der Waals surface area contributed by atoms with Crippen LogP contribution in [-0.4, -0.2) is 421 Å². The maximum atomic E-state index is 11.8. The molecule has 22 rings (SSSR count). The molecule has 0 amide bonds. The Morgan fingerprint density at radius 1 is 0.182 bits per heavy atom. The number of aliphatic hydroxyl groups is 24. The van der Waals surface area contributed by atoms with Gasteiger partial charge in [0.25, 0.3) is 0 Å². The molecular formula is C48H80O40. The first kappa shape index (κ1) is 70.7. The predicted octanol–water partition coefficient (Wildman–Crippen LogP) is -17.4. The van der Waals surface area contributed by atoms with Crippen molar-refractivity contribution in [2.45, 2.75) is 246 Å². The summed E-state index contributed by atoms with van der Waals surface area (Å²) < 4.78 is 91.6. The first-order valence-electron chi connectivity index (χ1n) is 28.1. The normalized spacial score (nSPS) is 55.2. The highest BCUT2D eigenvalue weighted by molar-refractivity contribution is 5.02. The van der Waals surface area contributed by atoms with Crippen LogP contribution in [-0.2, 0) is 75.8 Å². The maximum absolute atomic E-state index is 11.8. The molecule has 40 atom stereocenters. The van der Waals surface area contributed by atoms with E-state index in [0.29, 0.717) is 0 Å². The van der Waals surface area contributed by atoms with E-state index in [2.05, 4.69) is 0 Å². The summed E-state index contributed by atoms with van der Waals surface area (Å²) in [5, 5.41) is 265. The number of hydrogen-bond acceptors (Lipinski definition) is 40. The van der Waals surface area contributed by atoms with Gasteiger partial charge in [-0.2, -0.15) is 0 Å². The van der Waals surface area contributed by atoms with Crippen LogP contribution in [0.15, 0.2) is 0 Å². The zero-order valence-electron chi connectivity index (χ0n) is 46.0. The molecule has 0 saturated carbocycles. The zero-order chi connectivity index (χ0) is 64.1. The van der Waals surface area contributed by atoms with E-state index >= 15 is 0 Å². The van der Waals surface area contributed by atoms with Crippen LogP contribution in [0.1, 0.15) is 0 Å². The minimum absolute atomic E-state index is 0.919. The summed E-state index contributed by atoms with van der Waals surface area (Å²) >= 11 is 0. The summed E-state index contributed by atoms with van der Waals surface area (Å²) in [6.45, 7) is -8.51. The quantitative estimate of drug-likeness (QED) is 0.0966. The average molecular weight is 1300 g/mol. The minimum atomic E-state index is -2.35. The van der Waals surface area contributed by atoms with Crippen LogP contribution in [0.3, 0.4) is 0 Å². The molecule has 0 spiro atoms. The number of aliphatic hydroxyl groups excluding tert-OH is 24. The van der Waals surface area contributed by atoms with Crippen LogP contribution in [0, 0.1) is 0 Å². The molecule has 40 heteroatoms. The Balaban J connectivity index is 1.02. The summed E-state index contributed by atoms with van der Waals surface area (Å²) in [5.74, 6) is 0. The fourth-order valence-corrected chi connectivity index (χ4v) is 11.8. The van der Waals surface area contributed by atoms with Gasteiger partial charge in [-0.3, -0.25) is 0 Å². The molecule has 22 fully saturated rings. The van der Waals surface area contributed by atoms with Crippen LogP contribution >= 0.6 is 0 Å². The smallest absolute Gasteiger partial charge is 0.187 e. The van der Waals surface area contributed by atoms with E-state index < -0.39 is 299 Å². The lowest BCUT2D eigenvalue weighted by Crippen LogP contribution is -2.68. The van der Waals surface area contributed by atoms with Crippen molar-refractivity contribution in [2.24, 2.45) is 0 Å². The van der Waals surface area contributed by atoms with Gasteiger partial charge in [-0.05, 0) is 0 Å². The Labute approximate surface area is 496 Å². The molecular weight excluding hydrogens is 1220 g/mol. The summed E-state index contributed by atoms with van der Waals surface area (Å²) in [4.78, 5) is 0. The van der Waals surface area contributed by atoms with Crippen molar-refractivity contribution >= 4 is 0 Å². The van der Waals surface area contributed by atoms with Crippen molar-refractivity contribution in [1.82, 2.24) is 0 Å². The Morgan fingerprint density at radius 2 is 0.375 bits per heavy atom. The van der Waals surface area contributed by atoms with Crippen LogP contribution in [0.2, 0.25) is 0 Å². The molecule has 22 heterocycles. The van der Waals surface area contributed by atoms with Crippen LogP contribution in [0.5, 0.6) is 0 Å². The molecule has 0 radical (unpaired) electrons. The van der Waals surface area contributed by atoms with E-state index in [1.165, 1.54) is 0 Å². The van der Waals surface area contributed by atoms with Gasteiger partial charge >= 0.3 is 0 Å². The Bertz CT molecular complexity index is 2130. The highest BCUT2D eigenvalue weighted by atomic mass is 16.8. The van der Waals surface area contributed by atoms with E-state index in [-0.39, 0.29) is 0 Å². The van der Waals surface area contributed by atoms with E-state index in [1.54, 1.807) is 0 Å². The monoisotopic (exact) mass is 1300 g/mol. The average Bonchev–Trinajstić information content (AvgIpc) is 1.32. The van der Waals surface area contributed by atoms with Gasteiger partial charge in [0.2, 0.25) is 0 Å². The largest absolute Gasteiger partial charge is 0.394 e. The first-order valence-corrected chi connectivity index (χ1v) is 28.1. The molecule has 1 unspecified atom stereocenters. The molecule has 40 nitrogen and oxygen atoms in total. The van der Waals surface area contributed by atoms with Crippen molar-refractivity contribution in [2.75, 3.05) is 52.9 Å². The van der Waals surface area contributed by atoms with E-state index in [1.807, 2.05) is 0 Å². The minimum Gasteiger partial charge on any atom is -0.394 e. The van der Waals surface area contributed by atoms with Crippen molar-refractivity contribution in [3.05, 3.63) is 0 Å². The lowest BCUT2D eigenvalue weighted by molar-refractivity contribution is -0.399. The maximum Gasteiger partial charge on any atom is 0.187 e. The lowest BCUT2D eigenvalue weighted by atomic mass is 9.95. The second-order valence-electron chi connectivity index (χ2n) is 22.5. The molecule has 22 saturated heterocycles. The zero-order valence-corrected chi connectivity index (χ0v) is 46.0. The summed E-state index contributed by atoms with van der Waals surface area (Å²) in [7, 11) is 0. The Hall–Kier alpha value is -1.60. The molecule has 0 aromatic rings. The topological polar surface area (TPSA) is 633 Å². The standard InChI is InChI=1S/C48H80O40/c49-1-9-17(56)18(57)26(65)41(74-9)73-8-16-40-25(64)33(72)48(81-16)87-39-15(7-55)79-46(31(70)23(39)62)85-37-13(5-53)77-44(29(68)21(37)60)83-35-11(3-51)75-42(27(66)19(35)58)82-34-10(2-50)76-43(28(67)20(34)59)84-36-12(4-52)78-45(30(69)22(36)61)86-38-14(6-54)80-47(88-40)32(71)24(38)63/h9-72H,1-8H2/t9-,10+,11-,12+,13-,14+,15-,16+,17-,18+,19-,20-,21+,22-,23-,24-,25-,26-,27-,28-,29+,30-,31+,32-,33-,34-,35-,36-,37-,38-,39-,40-,41?,42-,43-,44-,45-,46-,47-,48-/m1/s1. The molecule has 0 aliphatic carbocycles. The van der Waals surface area contributed by atoms with Gasteiger partial charge in [0, 0.05) is 0 Å². The summed E-state index contributed by atoms with van der Waals surface area (Å²) in [6.07, 6.45) is -82.6. The second-order valence-corrected chi connectivity index (χ2v) is 22.5. The van der Waals surface area contributed by atoms with E-state index in [0.717, 1.165) is 0 Å². The van der Waals surface area contributed by atoms with Crippen molar-refractivity contribution in [3.8, 4) is 0 Å². The highest BCUT2D eigenvalue weighted by Crippen LogP contribution is 2.39. The molecule has 14 bridgehead atoms. The molecule has 0 aromatic heterocycles. The van der Waals surface area contributed by atoms with Crippen LogP contribution in [0.25, 0.3) is 0 Å². The molecule has 22 aliphatic rings. The second kappa shape index (κ2) is 30.0. The highest BCUT2D eigenvalue weighted by Gasteiger charge is 2.60. The molecule has 24 N–H and O–H groups in total. The van der Waals surface area contributed by atoms with E-state index in [9.17, 15) is 123 Å². The van der Waals surface area contributed by atoms with Crippen molar-refractivity contribution in [1.29, 1.82) is 0 Å². The fourth-order valence-electron chi connectivity index (χ4n) is 11.8. The van der Waals surface area contributed by atoms with Gasteiger partial charge in [-0.1, -0.05) is 0 Å². The van der Waals surface area contributed by atoms with Gasteiger partial charge in [0.1, 0.15) is 195 Å². The van der Waals surface area contributed by atoms with Gasteiger partial charge in [0.15, 0.2) is 50.3 Å². The summed E-state index contributed by atoms with van der Waals surface area (Å²) in [6, 6.07) is 0. The number of ether oxygens (including phenoxy) is 16. The van der Waals surface area contributed by atoms with Crippen molar-refractivity contribution < 1.29 is 198 Å². The number of hydrogen-bond donors (Lipinski definition) is 24. The third-order valence-corrected chi connectivity index (χ3v) is 16.9. The predicted molar refractivity (Wildman–Crippen MR) is 261 cm³/mol. The van der Waals surface area contributed by atoms with Gasteiger partial charge in [-0.25, -0.2) is 0 Å². The number of rotatable bonds is 10. The van der Waals surface area contributed by atoms with Crippen LogP contribution in [0.4, 0.5) is 0 Å². The first-order chi connectivity index (χ1) is 41.9. The molecule has 0 aromatic carbocycles. The van der Waals surface area contributed by atoms with Gasteiger partial charge in [-0.15, -0.1) is 0 Å². The van der Waals surface area contributed by atoms with Crippen LogP contribution < -0.4 is 0 Å². The van der Waals surface area contributed by atoms with E-state index in [4.69, 9.17) is 75.8 Å². The third-order valence-electron chi connectivity index (χ3n) is 16.9. The lowest BCUT2D eigenvalue weighted by Gasteiger charge is -2.50. The molecule has 88 heavy (non-hydrogen) atoms. The molecule has 512 valence electrons. The summed E-state index contributed by atoms with van der Waals surface area (Å²) in [5.41, 5.74) is 0.